The first-order valence-electron chi connectivity index (χ1n) is 9.27. The third-order valence-electron chi connectivity index (χ3n) is 4.41. The van der Waals surface area contributed by atoms with Crippen LogP contribution in [0.25, 0.3) is 0 Å². The highest BCUT2D eigenvalue weighted by Gasteiger charge is 2.18. The van der Waals surface area contributed by atoms with E-state index in [-0.39, 0.29) is 11.0 Å². The predicted octanol–water partition coefficient (Wildman–Crippen LogP) is 3.57. The number of rotatable bonds is 6. The lowest BCUT2D eigenvalue weighted by atomic mass is 9.91. The number of anilines is 1. The van der Waals surface area contributed by atoms with Crippen LogP contribution in [-0.2, 0) is 18.3 Å². The lowest BCUT2D eigenvalue weighted by molar-refractivity contribution is 0.102. The highest BCUT2D eigenvalue weighted by Crippen LogP contribution is 2.21. The number of pyridine rings is 1. The first kappa shape index (κ1) is 20.7. The van der Waals surface area contributed by atoms with Crippen LogP contribution in [0.5, 0.6) is 5.75 Å². The molecule has 0 aliphatic carbocycles. The predicted molar refractivity (Wildman–Crippen MR) is 114 cm³/mol. The standard InChI is InChI=1S/C21H24N4O3S/c1-21(2,3)16-10-9-15(18(26)22-16)19(27)23-20-25-24-17(29-20)11-8-13-6-5-7-14(12-13)28-4/h5-7,9-10,12H,8,11H2,1-4H3,(H,22,26)(H,23,25,27). The highest BCUT2D eigenvalue weighted by molar-refractivity contribution is 7.15. The quantitative estimate of drug-likeness (QED) is 0.645. The number of carbonyl (C=O) groups excluding carboxylic acids is 1. The molecule has 0 spiro atoms. The van der Waals surface area contributed by atoms with Gasteiger partial charge in [0.25, 0.3) is 11.5 Å². The Hall–Kier alpha value is -3.00. The number of ether oxygens (including phenoxy) is 1. The Labute approximate surface area is 173 Å². The molecule has 2 N–H and O–H groups in total. The van der Waals surface area contributed by atoms with Gasteiger partial charge in [-0.3, -0.25) is 14.9 Å². The largest absolute Gasteiger partial charge is 0.497 e. The fraction of sp³-hybridized carbons (Fsp3) is 0.333. The van der Waals surface area contributed by atoms with E-state index in [9.17, 15) is 9.59 Å². The van der Waals surface area contributed by atoms with Crippen molar-refractivity contribution in [3.63, 3.8) is 0 Å². The van der Waals surface area contributed by atoms with Gasteiger partial charge in [0.15, 0.2) is 0 Å². The molecule has 152 valence electrons. The molecule has 0 atom stereocenters. The minimum absolute atomic E-state index is 0.0473. The van der Waals surface area contributed by atoms with Crippen LogP contribution in [0.2, 0.25) is 0 Å². The molecule has 2 aromatic heterocycles. The maximum Gasteiger partial charge on any atom is 0.263 e. The van der Waals surface area contributed by atoms with E-state index < -0.39 is 11.5 Å². The van der Waals surface area contributed by atoms with Gasteiger partial charge in [-0.05, 0) is 36.2 Å². The summed E-state index contributed by atoms with van der Waals surface area (Å²) in [6.07, 6.45) is 1.48. The van der Waals surface area contributed by atoms with Gasteiger partial charge in [-0.15, -0.1) is 10.2 Å². The lowest BCUT2D eigenvalue weighted by Gasteiger charge is -2.18. The third-order valence-corrected chi connectivity index (χ3v) is 5.31. The number of H-pyrrole nitrogens is 1. The number of nitrogens with zero attached hydrogens (tertiary/aromatic N) is 2. The van der Waals surface area contributed by atoms with Gasteiger partial charge in [-0.2, -0.15) is 0 Å². The fourth-order valence-corrected chi connectivity index (χ4v) is 3.47. The van der Waals surface area contributed by atoms with E-state index in [4.69, 9.17) is 4.74 Å². The van der Waals surface area contributed by atoms with Gasteiger partial charge in [0.05, 0.1) is 7.11 Å². The van der Waals surface area contributed by atoms with Crippen LogP contribution < -0.4 is 15.6 Å². The number of hydrogen-bond acceptors (Lipinski definition) is 6. The van der Waals surface area contributed by atoms with Crippen LogP contribution in [0.15, 0.2) is 41.2 Å². The Balaban J connectivity index is 1.64. The number of aromatic amines is 1. The van der Waals surface area contributed by atoms with Crippen LogP contribution in [0.3, 0.4) is 0 Å². The van der Waals surface area contributed by atoms with E-state index in [0.717, 1.165) is 28.4 Å². The van der Waals surface area contributed by atoms with E-state index in [0.29, 0.717) is 11.6 Å². The van der Waals surface area contributed by atoms with E-state index in [1.807, 2.05) is 45.0 Å². The zero-order valence-electron chi connectivity index (χ0n) is 16.9. The second kappa shape index (κ2) is 8.57. The number of carbonyl (C=O) groups is 1. The van der Waals surface area contributed by atoms with Crippen molar-refractivity contribution in [3.05, 3.63) is 68.6 Å². The first-order valence-corrected chi connectivity index (χ1v) is 10.1. The normalized spacial score (nSPS) is 11.3. The molecule has 29 heavy (non-hydrogen) atoms. The summed E-state index contributed by atoms with van der Waals surface area (Å²) in [4.78, 5) is 27.5. The number of aromatic nitrogens is 3. The maximum absolute atomic E-state index is 12.4. The third kappa shape index (κ3) is 5.29. The molecular formula is C21H24N4O3S. The van der Waals surface area contributed by atoms with Crippen LogP contribution in [0.1, 0.15) is 47.4 Å². The molecule has 0 aliphatic rings. The van der Waals surface area contributed by atoms with Gasteiger partial charge in [-0.1, -0.05) is 44.2 Å². The summed E-state index contributed by atoms with van der Waals surface area (Å²) in [5.74, 6) is 0.317. The molecule has 3 aromatic rings. The van der Waals surface area contributed by atoms with Crippen LogP contribution >= 0.6 is 11.3 Å². The van der Waals surface area contributed by atoms with Crippen molar-refractivity contribution in [1.82, 2.24) is 15.2 Å². The monoisotopic (exact) mass is 412 g/mol. The van der Waals surface area contributed by atoms with Crippen molar-refractivity contribution in [2.45, 2.75) is 39.0 Å². The molecule has 7 nitrogen and oxygen atoms in total. The molecule has 2 heterocycles. The molecule has 0 saturated carbocycles. The molecule has 0 unspecified atom stereocenters. The van der Waals surface area contributed by atoms with Gasteiger partial charge < -0.3 is 9.72 Å². The minimum atomic E-state index is -0.498. The number of methoxy groups -OCH3 is 1. The van der Waals surface area contributed by atoms with Gasteiger partial charge >= 0.3 is 0 Å². The molecule has 0 fully saturated rings. The molecule has 0 radical (unpaired) electrons. The molecule has 0 saturated heterocycles. The van der Waals surface area contributed by atoms with Gasteiger partial charge in [-0.25, -0.2) is 0 Å². The average molecular weight is 413 g/mol. The van der Waals surface area contributed by atoms with Gasteiger partial charge in [0.1, 0.15) is 16.3 Å². The second-order valence-electron chi connectivity index (χ2n) is 7.67. The highest BCUT2D eigenvalue weighted by atomic mass is 32.1. The molecule has 0 bridgehead atoms. The maximum atomic E-state index is 12.4. The summed E-state index contributed by atoms with van der Waals surface area (Å²) in [6, 6.07) is 11.2. The van der Waals surface area contributed by atoms with Gasteiger partial charge in [0.2, 0.25) is 5.13 Å². The Morgan fingerprint density at radius 1 is 1.17 bits per heavy atom. The molecule has 0 aliphatic heterocycles. The summed E-state index contributed by atoms with van der Waals surface area (Å²) < 4.78 is 5.23. The smallest absolute Gasteiger partial charge is 0.263 e. The Morgan fingerprint density at radius 2 is 1.97 bits per heavy atom. The average Bonchev–Trinajstić information content (AvgIpc) is 3.13. The van der Waals surface area contributed by atoms with Crippen molar-refractivity contribution >= 4 is 22.4 Å². The van der Waals surface area contributed by atoms with Crippen molar-refractivity contribution < 1.29 is 9.53 Å². The molecular weight excluding hydrogens is 388 g/mol. The van der Waals surface area contributed by atoms with Crippen molar-refractivity contribution in [3.8, 4) is 5.75 Å². The number of nitrogens with one attached hydrogen (secondary N) is 2. The van der Waals surface area contributed by atoms with Crippen LogP contribution in [0.4, 0.5) is 5.13 Å². The van der Waals surface area contributed by atoms with Gasteiger partial charge in [0, 0.05) is 17.5 Å². The zero-order chi connectivity index (χ0) is 21.0. The first-order chi connectivity index (χ1) is 13.8. The van der Waals surface area contributed by atoms with Crippen molar-refractivity contribution in [2.75, 3.05) is 12.4 Å². The number of benzene rings is 1. The molecule has 3 rings (SSSR count). The summed E-state index contributed by atoms with van der Waals surface area (Å²) in [6.45, 7) is 5.98. The zero-order valence-corrected chi connectivity index (χ0v) is 17.7. The Bertz CT molecular complexity index is 1070. The topological polar surface area (TPSA) is 97.0 Å². The fourth-order valence-electron chi connectivity index (χ4n) is 2.74. The number of amides is 1. The van der Waals surface area contributed by atoms with E-state index in [1.54, 1.807) is 19.2 Å². The summed E-state index contributed by atoms with van der Waals surface area (Å²) in [7, 11) is 1.64. The summed E-state index contributed by atoms with van der Waals surface area (Å²) in [5.41, 5.74) is 1.33. The van der Waals surface area contributed by atoms with Crippen LogP contribution in [0, 0.1) is 0 Å². The second-order valence-corrected chi connectivity index (χ2v) is 8.73. The summed E-state index contributed by atoms with van der Waals surface area (Å²) in [5, 5.41) is 12.0. The van der Waals surface area contributed by atoms with E-state index in [2.05, 4.69) is 20.5 Å². The Kier molecular flexibility index (Phi) is 6.12. The summed E-state index contributed by atoms with van der Waals surface area (Å²) >= 11 is 1.30. The van der Waals surface area contributed by atoms with Crippen molar-refractivity contribution in [2.24, 2.45) is 0 Å². The SMILES string of the molecule is COc1cccc(CCc2nnc(NC(=O)c3ccc(C(C)(C)C)[nH]c3=O)s2)c1. The van der Waals surface area contributed by atoms with E-state index in [1.165, 1.54) is 11.3 Å². The van der Waals surface area contributed by atoms with Crippen LogP contribution in [-0.4, -0.2) is 28.2 Å². The van der Waals surface area contributed by atoms with E-state index >= 15 is 0 Å². The van der Waals surface area contributed by atoms with Crippen molar-refractivity contribution in [1.29, 1.82) is 0 Å². The minimum Gasteiger partial charge on any atom is -0.497 e. The molecule has 8 heteroatoms. The number of aryl methyl sites for hydroxylation is 2. The molecule has 1 amide bonds. The Morgan fingerprint density at radius 3 is 2.66 bits per heavy atom. The lowest BCUT2D eigenvalue weighted by Crippen LogP contribution is -2.26. The molecule has 1 aromatic carbocycles. The number of hydrogen-bond donors (Lipinski definition) is 2.